The maximum Gasteiger partial charge on any atom is 0.319 e. The van der Waals surface area contributed by atoms with Crippen LogP contribution in [0.4, 0.5) is 0 Å². The SMILES string of the molecule is CC(C)C(C(=O)O)S(=O)C1CCS(=O)(=O)C1. The minimum Gasteiger partial charge on any atom is -0.480 e. The van der Waals surface area contributed by atoms with Gasteiger partial charge in [0.2, 0.25) is 0 Å². The van der Waals surface area contributed by atoms with Crippen LogP contribution >= 0.6 is 0 Å². The molecule has 0 spiro atoms. The Balaban J connectivity index is 2.82. The van der Waals surface area contributed by atoms with Gasteiger partial charge in [0.25, 0.3) is 0 Å². The molecule has 0 saturated carbocycles. The average molecular weight is 268 g/mol. The van der Waals surface area contributed by atoms with E-state index in [1.165, 1.54) is 0 Å². The molecule has 1 heterocycles. The third-order valence-electron chi connectivity index (χ3n) is 2.62. The molecule has 1 N–H and O–H groups in total. The van der Waals surface area contributed by atoms with E-state index >= 15 is 0 Å². The molecule has 3 unspecified atom stereocenters. The van der Waals surface area contributed by atoms with Gasteiger partial charge in [0, 0.05) is 10.8 Å². The molecule has 94 valence electrons. The molecular weight excluding hydrogens is 252 g/mol. The fraction of sp³-hybridized carbons (Fsp3) is 0.889. The summed E-state index contributed by atoms with van der Waals surface area (Å²) in [7, 11) is -4.73. The lowest BCUT2D eigenvalue weighted by Crippen LogP contribution is -2.37. The second-order valence-electron chi connectivity index (χ2n) is 4.36. The van der Waals surface area contributed by atoms with Crippen molar-refractivity contribution >= 4 is 26.6 Å². The van der Waals surface area contributed by atoms with E-state index in [9.17, 15) is 17.4 Å². The maximum atomic E-state index is 12.0. The highest BCUT2D eigenvalue weighted by Crippen LogP contribution is 2.22. The lowest BCUT2D eigenvalue weighted by molar-refractivity contribution is -0.137. The summed E-state index contributed by atoms with van der Waals surface area (Å²) < 4.78 is 34.4. The van der Waals surface area contributed by atoms with E-state index in [0.29, 0.717) is 6.42 Å². The quantitative estimate of drug-likeness (QED) is 0.777. The molecule has 1 rings (SSSR count). The van der Waals surface area contributed by atoms with E-state index in [-0.39, 0.29) is 17.4 Å². The van der Waals surface area contributed by atoms with E-state index in [0.717, 1.165) is 0 Å². The Morgan fingerprint density at radius 3 is 2.31 bits per heavy atom. The van der Waals surface area contributed by atoms with E-state index in [1.807, 2.05) is 0 Å². The molecule has 7 heteroatoms. The fourth-order valence-corrected chi connectivity index (χ4v) is 6.16. The van der Waals surface area contributed by atoms with Crippen LogP contribution in [-0.2, 0) is 25.4 Å². The second-order valence-corrected chi connectivity index (χ2v) is 8.42. The van der Waals surface area contributed by atoms with Crippen molar-refractivity contribution in [1.82, 2.24) is 0 Å². The molecule has 3 atom stereocenters. The van der Waals surface area contributed by atoms with Crippen LogP contribution in [0.25, 0.3) is 0 Å². The molecule has 0 aromatic carbocycles. The van der Waals surface area contributed by atoms with Gasteiger partial charge in [-0.1, -0.05) is 13.8 Å². The van der Waals surface area contributed by atoms with Crippen molar-refractivity contribution in [2.24, 2.45) is 5.92 Å². The van der Waals surface area contributed by atoms with Crippen LogP contribution in [0.3, 0.4) is 0 Å². The van der Waals surface area contributed by atoms with Gasteiger partial charge in [-0.05, 0) is 12.3 Å². The van der Waals surface area contributed by atoms with Gasteiger partial charge in [0.05, 0.1) is 16.8 Å². The summed E-state index contributed by atoms with van der Waals surface area (Å²) in [6.45, 7) is 3.36. The highest BCUT2D eigenvalue weighted by atomic mass is 32.2. The molecule has 1 aliphatic rings. The average Bonchev–Trinajstić information content (AvgIpc) is 2.44. The molecule has 0 aromatic rings. The Bertz CT molecular complexity index is 398. The van der Waals surface area contributed by atoms with Crippen LogP contribution in [0.1, 0.15) is 20.3 Å². The molecule has 1 fully saturated rings. The zero-order valence-corrected chi connectivity index (χ0v) is 10.9. The van der Waals surface area contributed by atoms with Gasteiger partial charge >= 0.3 is 5.97 Å². The Labute approximate surface area is 97.6 Å². The molecule has 16 heavy (non-hydrogen) atoms. The van der Waals surface area contributed by atoms with E-state index in [4.69, 9.17) is 5.11 Å². The van der Waals surface area contributed by atoms with Crippen LogP contribution in [0.5, 0.6) is 0 Å². The Morgan fingerprint density at radius 2 is 2.00 bits per heavy atom. The van der Waals surface area contributed by atoms with Crippen LogP contribution in [0.2, 0.25) is 0 Å². The highest BCUT2D eigenvalue weighted by molar-refractivity contribution is 7.94. The van der Waals surface area contributed by atoms with Gasteiger partial charge in [-0.3, -0.25) is 9.00 Å². The number of carboxylic acid groups (broad SMARTS) is 1. The first-order valence-electron chi connectivity index (χ1n) is 5.07. The first-order valence-corrected chi connectivity index (χ1v) is 8.17. The number of hydrogen-bond donors (Lipinski definition) is 1. The first kappa shape index (κ1) is 13.6. The van der Waals surface area contributed by atoms with Crippen molar-refractivity contribution in [2.75, 3.05) is 11.5 Å². The minimum atomic E-state index is -3.11. The molecule has 1 aliphatic heterocycles. The number of hydrogen-bond acceptors (Lipinski definition) is 4. The largest absolute Gasteiger partial charge is 0.480 e. The Morgan fingerprint density at radius 1 is 1.44 bits per heavy atom. The van der Waals surface area contributed by atoms with Crippen LogP contribution < -0.4 is 0 Å². The predicted octanol–water partition coefficient (Wildman–Crippen LogP) is 0.0314. The van der Waals surface area contributed by atoms with Crippen molar-refractivity contribution < 1.29 is 22.5 Å². The minimum absolute atomic E-state index is 0.0217. The normalized spacial score (nSPS) is 27.8. The van der Waals surface area contributed by atoms with Gasteiger partial charge in [-0.25, -0.2) is 8.42 Å². The summed E-state index contributed by atoms with van der Waals surface area (Å²) in [5.74, 6) is -1.50. The lowest BCUT2D eigenvalue weighted by Gasteiger charge is -2.18. The number of sulfone groups is 1. The fourth-order valence-electron chi connectivity index (χ4n) is 1.80. The lowest BCUT2D eigenvalue weighted by atomic mass is 10.1. The van der Waals surface area contributed by atoms with Crippen molar-refractivity contribution in [1.29, 1.82) is 0 Å². The molecule has 0 aliphatic carbocycles. The molecule has 0 amide bonds. The second kappa shape index (κ2) is 4.83. The van der Waals surface area contributed by atoms with Crippen LogP contribution in [0, 0.1) is 5.92 Å². The van der Waals surface area contributed by atoms with E-state index < -0.39 is 37.1 Å². The standard InChI is InChI=1S/C9H16O5S2/c1-6(2)8(9(10)11)15(12)7-3-4-16(13,14)5-7/h6-8H,3-5H2,1-2H3,(H,10,11). The van der Waals surface area contributed by atoms with Crippen molar-refractivity contribution in [3.05, 3.63) is 0 Å². The van der Waals surface area contributed by atoms with E-state index in [1.54, 1.807) is 13.8 Å². The summed E-state index contributed by atoms with van der Waals surface area (Å²) >= 11 is 0. The van der Waals surface area contributed by atoms with Gasteiger partial charge < -0.3 is 5.11 Å². The molecule has 0 radical (unpaired) electrons. The highest BCUT2D eigenvalue weighted by Gasteiger charge is 2.39. The zero-order valence-electron chi connectivity index (χ0n) is 9.25. The zero-order chi connectivity index (χ0) is 12.5. The smallest absolute Gasteiger partial charge is 0.319 e. The molecule has 0 bridgehead atoms. The van der Waals surface area contributed by atoms with Crippen molar-refractivity contribution in [3.63, 3.8) is 0 Å². The summed E-state index contributed by atoms with van der Waals surface area (Å²) in [5, 5.41) is 7.47. The monoisotopic (exact) mass is 268 g/mol. The molecule has 5 nitrogen and oxygen atoms in total. The first-order chi connectivity index (χ1) is 7.24. The van der Waals surface area contributed by atoms with Gasteiger partial charge in [0.15, 0.2) is 9.84 Å². The summed E-state index contributed by atoms with van der Waals surface area (Å²) in [5.41, 5.74) is 0. The molecular formula is C9H16O5S2. The Hall–Kier alpha value is -0.430. The summed E-state index contributed by atoms with van der Waals surface area (Å²) in [6, 6.07) is 0. The number of aliphatic carboxylic acids is 1. The number of carboxylic acids is 1. The van der Waals surface area contributed by atoms with Crippen LogP contribution in [0.15, 0.2) is 0 Å². The van der Waals surface area contributed by atoms with Crippen molar-refractivity contribution in [3.8, 4) is 0 Å². The molecule has 0 aromatic heterocycles. The maximum absolute atomic E-state index is 12.0. The molecule has 1 saturated heterocycles. The predicted molar refractivity (Wildman–Crippen MR) is 61.5 cm³/mol. The third kappa shape index (κ3) is 3.04. The van der Waals surface area contributed by atoms with Crippen LogP contribution in [-0.4, -0.2) is 45.7 Å². The Kier molecular flexibility index (Phi) is 4.12. The summed E-state index contributed by atoms with van der Waals surface area (Å²) in [4.78, 5) is 11.0. The topological polar surface area (TPSA) is 88.5 Å². The van der Waals surface area contributed by atoms with Crippen molar-refractivity contribution in [2.45, 2.75) is 30.8 Å². The third-order valence-corrected chi connectivity index (χ3v) is 6.90. The van der Waals surface area contributed by atoms with Gasteiger partial charge in [-0.2, -0.15) is 0 Å². The number of rotatable bonds is 4. The van der Waals surface area contributed by atoms with Gasteiger partial charge in [-0.15, -0.1) is 0 Å². The van der Waals surface area contributed by atoms with Gasteiger partial charge in [0.1, 0.15) is 5.25 Å². The number of carbonyl (C=O) groups is 1. The van der Waals surface area contributed by atoms with E-state index in [2.05, 4.69) is 0 Å². The summed E-state index contributed by atoms with van der Waals surface area (Å²) in [6.07, 6.45) is 0.311.